The lowest BCUT2D eigenvalue weighted by molar-refractivity contribution is -0.128. The van der Waals surface area contributed by atoms with E-state index < -0.39 is 0 Å². The molecule has 0 bridgehead atoms. The van der Waals surface area contributed by atoms with Crippen LogP contribution in [0.3, 0.4) is 0 Å². The van der Waals surface area contributed by atoms with E-state index in [9.17, 15) is 9.59 Å². The molecule has 3 heteroatoms. The molecule has 4 aliphatic rings. The van der Waals surface area contributed by atoms with Gasteiger partial charge in [0.25, 0.3) is 0 Å². The predicted molar refractivity (Wildman–Crippen MR) is 196 cm³/mol. The van der Waals surface area contributed by atoms with Gasteiger partial charge in [0.2, 0.25) is 5.91 Å². The van der Waals surface area contributed by atoms with E-state index in [1.807, 2.05) is 0 Å². The van der Waals surface area contributed by atoms with Crippen LogP contribution in [0.1, 0.15) is 195 Å². The van der Waals surface area contributed by atoms with Crippen LogP contribution < -0.4 is 5.32 Å². The van der Waals surface area contributed by atoms with E-state index in [4.69, 9.17) is 0 Å². The first-order valence-corrected chi connectivity index (χ1v) is 20.6. The molecule has 0 radical (unpaired) electrons. The topological polar surface area (TPSA) is 46.2 Å². The monoisotopic (exact) mass is 638 g/mol. The number of carbonyl (C=O) groups is 2. The van der Waals surface area contributed by atoms with Crippen LogP contribution >= 0.6 is 0 Å². The van der Waals surface area contributed by atoms with Crippen molar-refractivity contribution >= 4 is 11.7 Å². The van der Waals surface area contributed by atoms with Crippen molar-refractivity contribution in [2.75, 3.05) is 0 Å². The largest absolute Gasteiger partial charge is 0.353 e. The highest BCUT2D eigenvalue weighted by molar-refractivity contribution is 5.76. The number of Topliss-reactive ketones (excluding diaryl/α,β-unsaturated/α-hetero) is 1. The van der Waals surface area contributed by atoms with E-state index in [1.54, 1.807) is 6.92 Å². The maximum absolute atomic E-state index is 12.9. The molecule has 264 valence electrons. The third-order valence-electron chi connectivity index (χ3n) is 14.4. The van der Waals surface area contributed by atoms with E-state index >= 15 is 0 Å². The normalized spacial score (nSPS) is 34.5. The summed E-state index contributed by atoms with van der Waals surface area (Å²) in [6, 6.07) is 0.400. The maximum Gasteiger partial charge on any atom is 0.220 e. The fourth-order valence-corrected chi connectivity index (χ4v) is 11.7. The van der Waals surface area contributed by atoms with Gasteiger partial charge in [-0.25, -0.2) is 0 Å². The standard InChI is InChI=1S/C43H75NO2/c1-6-7-8-9-10-11-12-13-14-15-16-17-18-19-20-21-41(46)44-36-28-30-42(4)35(32-36)24-25-37-39-27-26-38(33(2)22-23-34(3)45)43(39,5)31-29-40(37)42/h13-14,33,35-40H,6-12,15-32H2,1-5H3,(H,44,46)/b14-13-/t33-,35?,36?,37?,38?,39?,40?,42?,43?/m1/s1. The fraction of sp³-hybridized carbons (Fsp3) is 0.907. The number of amides is 1. The van der Waals surface area contributed by atoms with Gasteiger partial charge in [-0.05, 0) is 150 Å². The van der Waals surface area contributed by atoms with Gasteiger partial charge in [0.15, 0.2) is 0 Å². The summed E-state index contributed by atoms with van der Waals surface area (Å²) in [5.74, 6) is 5.59. The Kier molecular flexibility index (Phi) is 15.2. The zero-order valence-corrected chi connectivity index (χ0v) is 31.2. The first-order chi connectivity index (χ1) is 22.2. The fourth-order valence-electron chi connectivity index (χ4n) is 11.7. The molecule has 0 spiro atoms. The molecule has 0 aromatic rings. The Bertz CT molecular complexity index is 956. The second-order valence-corrected chi connectivity index (χ2v) is 17.5. The Balaban J connectivity index is 1.10. The van der Waals surface area contributed by atoms with Crippen LogP contribution in [0.2, 0.25) is 0 Å². The van der Waals surface area contributed by atoms with Crippen LogP contribution in [0.25, 0.3) is 0 Å². The summed E-state index contributed by atoms with van der Waals surface area (Å²) in [5.41, 5.74) is 0.947. The highest BCUT2D eigenvalue weighted by atomic mass is 16.1. The van der Waals surface area contributed by atoms with Gasteiger partial charge < -0.3 is 10.1 Å². The van der Waals surface area contributed by atoms with Crippen molar-refractivity contribution in [3.05, 3.63) is 12.2 Å². The van der Waals surface area contributed by atoms with E-state index in [0.29, 0.717) is 40.9 Å². The van der Waals surface area contributed by atoms with Crippen LogP contribution in [-0.4, -0.2) is 17.7 Å². The summed E-state index contributed by atoms with van der Waals surface area (Å²) < 4.78 is 0. The molecule has 1 N–H and O–H groups in total. The van der Waals surface area contributed by atoms with Crippen molar-refractivity contribution in [1.82, 2.24) is 5.32 Å². The minimum atomic E-state index is 0.309. The number of unbranched alkanes of at least 4 members (excludes halogenated alkanes) is 11. The summed E-state index contributed by atoms with van der Waals surface area (Å²) in [7, 11) is 0. The molecule has 8 unspecified atom stereocenters. The Morgan fingerprint density at radius 3 is 2.07 bits per heavy atom. The Morgan fingerprint density at radius 2 is 1.37 bits per heavy atom. The second kappa shape index (κ2) is 18.6. The molecule has 4 fully saturated rings. The lowest BCUT2D eigenvalue weighted by Crippen LogP contribution is -2.55. The average Bonchev–Trinajstić information content (AvgIpc) is 3.39. The molecule has 0 heterocycles. The molecule has 0 aliphatic heterocycles. The molecule has 3 nitrogen and oxygen atoms in total. The van der Waals surface area contributed by atoms with Gasteiger partial charge in [0.1, 0.15) is 5.78 Å². The van der Waals surface area contributed by atoms with E-state index in [0.717, 1.165) is 48.9 Å². The maximum atomic E-state index is 12.9. The number of rotatable bonds is 20. The summed E-state index contributed by atoms with van der Waals surface area (Å²) >= 11 is 0. The minimum Gasteiger partial charge on any atom is -0.353 e. The Morgan fingerprint density at radius 1 is 0.739 bits per heavy atom. The zero-order valence-electron chi connectivity index (χ0n) is 31.2. The highest BCUT2D eigenvalue weighted by Crippen LogP contribution is 2.68. The molecule has 0 aromatic carbocycles. The van der Waals surface area contributed by atoms with E-state index in [1.165, 1.54) is 135 Å². The molecule has 9 atom stereocenters. The molecule has 4 rings (SSSR count). The van der Waals surface area contributed by atoms with Crippen molar-refractivity contribution in [1.29, 1.82) is 0 Å². The van der Waals surface area contributed by atoms with Crippen molar-refractivity contribution in [2.45, 2.75) is 201 Å². The number of fused-ring (bicyclic) bond motifs is 5. The third-order valence-corrected chi connectivity index (χ3v) is 14.4. The quantitative estimate of drug-likeness (QED) is 0.107. The summed E-state index contributed by atoms with van der Waals surface area (Å²) in [6.45, 7) is 11.8. The molecule has 1 amide bonds. The van der Waals surface area contributed by atoms with Gasteiger partial charge in [-0.3, -0.25) is 4.79 Å². The first-order valence-electron chi connectivity index (χ1n) is 20.6. The third kappa shape index (κ3) is 9.96. The lowest BCUT2D eigenvalue weighted by atomic mass is 9.44. The average molecular weight is 638 g/mol. The predicted octanol–water partition coefficient (Wildman–Crippen LogP) is 12.2. The highest BCUT2D eigenvalue weighted by Gasteiger charge is 2.60. The van der Waals surface area contributed by atoms with Crippen LogP contribution in [0.15, 0.2) is 12.2 Å². The molecule has 4 aliphatic carbocycles. The van der Waals surface area contributed by atoms with Gasteiger partial charge in [-0.15, -0.1) is 0 Å². The minimum absolute atomic E-state index is 0.309. The van der Waals surface area contributed by atoms with Crippen molar-refractivity contribution in [3.8, 4) is 0 Å². The SMILES string of the molecule is CCCCCCCC/C=C\CCCCCCCC(=O)NC1CCC2(C)C(CCC3C2CCC2(C)C3CCC2[C@H](C)CCC(C)=O)C1. The smallest absolute Gasteiger partial charge is 0.220 e. The number of allylic oxidation sites excluding steroid dienone is 2. The van der Waals surface area contributed by atoms with Gasteiger partial charge >= 0.3 is 0 Å². The zero-order chi connectivity index (χ0) is 33.0. The summed E-state index contributed by atoms with van der Waals surface area (Å²) in [4.78, 5) is 24.6. The summed E-state index contributed by atoms with van der Waals surface area (Å²) in [5, 5.41) is 3.50. The van der Waals surface area contributed by atoms with Gasteiger partial charge in [0, 0.05) is 18.9 Å². The molecule has 0 saturated heterocycles. The van der Waals surface area contributed by atoms with Gasteiger partial charge in [-0.2, -0.15) is 0 Å². The Hall–Kier alpha value is -1.12. The van der Waals surface area contributed by atoms with E-state index in [2.05, 4.69) is 45.2 Å². The molecular formula is C43H75NO2. The molecule has 46 heavy (non-hydrogen) atoms. The second-order valence-electron chi connectivity index (χ2n) is 17.5. The molecule has 4 saturated carbocycles. The summed E-state index contributed by atoms with van der Waals surface area (Å²) in [6.07, 6.45) is 36.3. The van der Waals surface area contributed by atoms with Crippen LogP contribution in [0.4, 0.5) is 0 Å². The molecular weight excluding hydrogens is 562 g/mol. The van der Waals surface area contributed by atoms with Crippen molar-refractivity contribution < 1.29 is 9.59 Å². The van der Waals surface area contributed by atoms with Gasteiger partial charge in [0.05, 0.1) is 0 Å². The molecule has 0 aromatic heterocycles. The van der Waals surface area contributed by atoms with Crippen LogP contribution in [0, 0.1) is 46.3 Å². The number of carbonyl (C=O) groups excluding carboxylic acids is 2. The lowest BCUT2D eigenvalue weighted by Gasteiger charge is -2.61. The van der Waals surface area contributed by atoms with Crippen molar-refractivity contribution in [2.24, 2.45) is 46.3 Å². The van der Waals surface area contributed by atoms with E-state index in [-0.39, 0.29) is 0 Å². The Labute approximate surface area is 285 Å². The van der Waals surface area contributed by atoms with Crippen LogP contribution in [-0.2, 0) is 9.59 Å². The first kappa shape index (κ1) is 37.7. The van der Waals surface area contributed by atoms with Crippen molar-refractivity contribution in [3.63, 3.8) is 0 Å². The number of nitrogens with one attached hydrogen (secondary N) is 1. The number of hydrogen-bond donors (Lipinski definition) is 1. The van der Waals surface area contributed by atoms with Crippen LogP contribution in [0.5, 0.6) is 0 Å². The van der Waals surface area contributed by atoms with Gasteiger partial charge in [-0.1, -0.05) is 91.2 Å². The number of hydrogen-bond acceptors (Lipinski definition) is 2. The number of ketones is 1.